The summed E-state index contributed by atoms with van der Waals surface area (Å²) in [6, 6.07) is 13.9. The summed E-state index contributed by atoms with van der Waals surface area (Å²) in [5, 5.41) is 13.7. The maximum Gasteiger partial charge on any atom is 0.265 e. The zero-order valence-corrected chi connectivity index (χ0v) is 12.7. The molecule has 3 aromatic rings. The van der Waals surface area contributed by atoms with Gasteiger partial charge in [-0.15, -0.1) is 0 Å². The summed E-state index contributed by atoms with van der Waals surface area (Å²) in [4.78, 5) is 26.9. The Morgan fingerprint density at radius 1 is 1.17 bits per heavy atom. The summed E-state index contributed by atoms with van der Waals surface area (Å²) < 4.78 is 0. The Morgan fingerprint density at radius 3 is 2.65 bits per heavy atom. The van der Waals surface area contributed by atoms with Crippen LogP contribution in [0.2, 0.25) is 5.02 Å². The van der Waals surface area contributed by atoms with Crippen LogP contribution in [0.5, 0.6) is 5.75 Å². The first-order chi connectivity index (χ1) is 11.1. The highest BCUT2D eigenvalue weighted by molar-refractivity contribution is 6.31. The number of H-pyrrole nitrogens is 1. The van der Waals surface area contributed by atoms with Gasteiger partial charge in [0.1, 0.15) is 11.3 Å². The minimum Gasteiger partial charge on any atom is -0.506 e. The van der Waals surface area contributed by atoms with Gasteiger partial charge in [-0.3, -0.25) is 9.59 Å². The van der Waals surface area contributed by atoms with Crippen molar-refractivity contribution in [2.45, 2.75) is 6.54 Å². The molecular weight excluding hydrogens is 316 g/mol. The Balaban J connectivity index is 1.94. The van der Waals surface area contributed by atoms with Crippen molar-refractivity contribution >= 4 is 28.4 Å². The highest BCUT2D eigenvalue weighted by atomic mass is 35.5. The van der Waals surface area contributed by atoms with Gasteiger partial charge in [-0.2, -0.15) is 0 Å². The van der Waals surface area contributed by atoms with Crippen molar-refractivity contribution in [3.05, 3.63) is 75.0 Å². The molecule has 23 heavy (non-hydrogen) atoms. The standard InChI is InChI=1S/C17H13ClN2O3/c18-11-6-7-12-13(8-11)20-17(23)14(15(12)21)16(22)19-9-10-4-2-1-3-5-10/h1-8H,9H2,(H,19,22)(H2,20,21,23). The molecule has 0 spiro atoms. The monoisotopic (exact) mass is 328 g/mol. The third-order valence-corrected chi connectivity index (χ3v) is 3.71. The number of pyridine rings is 1. The van der Waals surface area contributed by atoms with E-state index in [4.69, 9.17) is 11.6 Å². The molecule has 0 saturated heterocycles. The Labute approximate surface area is 136 Å². The fourth-order valence-electron chi connectivity index (χ4n) is 2.33. The lowest BCUT2D eigenvalue weighted by Crippen LogP contribution is -2.29. The third kappa shape index (κ3) is 3.05. The Morgan fingerprint density at radius 2 is 1.91 bits per heavy atom. The molecule has 0 aliphatic rings. The van der Waals surface area contributed by atoms with Crippen LogP contribution in [0.15, 0.2) is 53.3 Å². The van der Waals surface area contributed by atoms with E-state index in [2.05, 4.69) is 10.3 Å². The molecule has 0 unspecified atom stereocenters. The largest absolute Gasteiger partial charge is 0.506 e. The summed E-state index contributed by atoms with van der Waals surface area (Å²) >= 11 is 5.86. The molecule has 2 aromatic carbocycles. The number of amides is 1. The van der Waals surface area contributed by atoms with Crippen molar-refractivity contribution in [2.75, 3.05) is 0 Å². The quantitative estimate of drug-likeness (QED) is 0.691. The van der Waals surface area contributed by atoms with Crippen LogP contribution in [0.4, 0.5) is 0 Å². The molecular formula is C17H13ClN2O3. The summed E-state index contributed by atoms with van der Waals surface area (Å²) in [6.07, 6.45) is 0. The van der Waals surface area contributed by atoms with Crippen LogP contribution in [0.3, 0.4) is 0 Å². The molecule has 0 aliphatic carbocycles. The van der Waals surface area contributed by atoms with Gasteiger partial charge < -0.3 is 15.4 Å². The highest BCUT2D eigenvalue weighted by Crippen LogP contribution is 2.26. The number of nitrogens with one attached hydrogen (secondary N) is 2. The van der Waals surface area contributed by atoms with Gasteiger partial charge in [-0.1, -0.05) is 41.9 Å². The third-order valence-electron chi connectivity index (χ3n) is 3.47. The van der Waals surface area contributed by atoms with E-state index in [0.717, 1.165) is 5.56 Å². The molecule has 3 rings (SSSR count). The Bertz CT molecular complexity index is 936. The van der Waals surface area contributed by atoms with E-state index in [9.17, 15) is 14.7 Å². The normalized spacial score (nSPS) is 10.7. The number of rotatable bonds is 3. The minimum atomic E-state index is -0.664. The molecule has 6 heteroatoms. The topological polar surface area (TPSA) is 82.2 Å². The van der Waals surface area contributed by atoms with Crippen molar-refractivity contribution in [3.63, 3.8) is 0 Å². The molecule has 1 heterocycles. The van der Waals surface area contributed by atoms with Gasteiger partial charge in [0.2, 0.25) is 0 Å². The van der Waals surface area contributed by atoms with Crippen molar-refractivity contribution in [2.24, 2.45) is 0 Å². The second-order valence-corrected chi connectivity index (χ2v) is 5.47. The van der Waals surface area contributed by atoms with Gasteiger partial charge in [-0.05, 0) is 23.8 Å². The molecule has 0 bridgehead atoms. The summed E-state index contributed by atoms with van der Waals surface area (Å²) in [5.74, 6) is -0.990. The number of halogens is 1. The molecule has 5 nitrogen and oxygen atoms in total. The lowest BCUT2D eigenvalue weighted by atomic mass is 10.1. The molecule has 0 fully saturated rings. The first kappa shape index (κ1) is 15.1. The lowest BCUT2D eigenvalue weighted by molar-refractivity contribution is 0.0947. The summed E-state index contributed by atoms with van der Waals surface area (Å²) in [6.45, 7) is 0.261. The molecule has 116 valence electrons. The number of benzene rings is 2. The number of hydrogen-bond acceptors (Lipinski definition) is 3. The number of hydrogen-bond donors (Lipinski definition) is 3. The van der Waals surface area contributed by atoms with Crippen LogP contribution >= 0.6 is 11.6 Å². The minimum absolute atomic E-state index is 0.261. The van der Waals surface area contributed by atoms with E-state index in [-0.39, 0.29) is 17.9 Å². The number of aromatic nitrogens is 1. The van der Waals surface area contributed by atoms with Crippen molar-refractivity contribution in [1.29, 1.82) is 0 Å². The lowest BCUT2D eigenvalue weighted by Gasteiger charge is -2.09. The van der Waals surface area contributed by atoms with Gasteiger partial charge in [0.25, 0.3) is 11.5 Å². The maximum atomic E-state index is 12.3. The Hall–Kier alpha value is -2.79. The maximum absolute atomic E-state index is 12.3. The van der Waals surface area contributed by atoms with Crippen molar-refractivity contribution in [1.82, 2.24) is 10.3 Å². The van der Waals surface area contributed by atoms with Crippen LogP contribution in [-0.4, -0.2) is 16.0 Å². The second kappa shape index (κ2) is 6.14. The SMILES string of the molecule is O=C(NCc1ccccc1)c1c(O)c2ccc(Cl)cc2[nH]c1=O. The zero-order chi connectivity index (χ0) is 16.4. The van der Waals surface area contributed by atoms with Crippen molar-refractivity contribution < 1.29 is 9.90 Å². The first-order valence-corrected chi connectivity index (χ1v) is 7.30. The average molecular weight is 329 g/mol. The number of carbonyl (C=O) groups excluding carboxylic acids is 1. The molecule has 0 radical (unpaired) electrons. The van der Waals surface area contributed by atoms with Gasteiger partial charge in [-0.25, -0.2) is 0 Å². The Kier molecular flexibility index (Phi) is 4.04. The fourth-order valence-corrected chi connectivity index (χ4v) is 2.50. The zero-order valence-electron chi connectivity index (χ0n) is 12.0. The number of aromatic hydroxyl groups is 1. The van der Waals surface area contributed by atoms with Crippen LogP contribution < -0.4 is 10.9 Å². The predicted molar refractivity (Wildman–Crippen MR) is 88.9 cm³/mol. The molecule has 0 atom stereocenters. The smallest absolute Gasteiger partial charge is 0.265 e. The molecule has 3 N–H and O–H groups in total. The van der Waals surface area contributed by atoms with Gasteiger partial charge >= 0.3 is 0 Å². The first-order valence-electron chi connectivity index (χ1n) is 6.93. The average Bonchev–Trinajstić information content (AvgIpc) is 2.53. The number of aromatic amines is 1. The van der Waals surface area contributed by atoms with E-state index in [0.29, 0.717) is 15.9 Å². The fraction of sp³-hybridized carbons (Fsp3) is 0.0588. The van der Waals surface area contributed by atoms with Crippen LogP contribution in [-0.2, 0) is 6.54 Å². The number of fused-ring (bicyclic) bond motifs is 1. The molecule has 1 amide bonds. The second-order valence-electron chi connectivity index (χ2n) is 5.04. The van der Waals surface area contributed by atoms with Gasteiger partial charge in [0.05, 0.1) is 5.52 Å². The van der Waals surface area contributed by atoms with Gasteiger partial charge in [0, 0.05) is 17.0 Å². The summed E-state index contributed by atoms with van der Waals surface area (Å²) in [7, 11) is 0. The van der Waals surface area contributed by atoms with E-state index in [1.165, 1.54) is 6.07 Å². The van der Waals surface area contributed by atoms with E-state index in [1.807, 2.05) is 30.3 Å². The van der Waals surface area contributed by atoms with E-state index in [1.54, 1.807) is 12.1 Å². The predicted octanol–water partition coefficient (Wildman–Crippen LogP) is 2.82. The van der Waals surface area contributed by atoms with Crippen LogP contribution in [0.25, 0.3) is 10.9 Å². The van der Waals surface area contributed by atoms with Crippen LogP contribution in [0, 0.1) is 0 Å². The summed E-state index contributed by atoms with van der Waals surface area (Å²) in [5.41, 5.74) is 0.294. The molecule has 1 aromatic heterocycles. The van der Waals surface area contributed by atoms with E-state index < -0.39 is 11.5 Å². The van der Waals surface area contributed by atoms with Gasteiger partial charge in [0.15, 0.2) is 0 Å². The molecule has 0 aliphatic heterocycles. The highest BCUT2D eigenvalue weighted by Gasteiger charge is 2.19. The molecule has 0 saturated carbocycles. The van der Waals surface area contributed by atoms with E-state index >= 15 is 0 Å². The van der Waals surface area contributed by atoms with Crippen molar-refractivity contribution in [3.8, 4) is 5.75 Å². The van der Waals surface area contributed by atoms with Crippen LogP contribution in [0.1, 0.15) is 15.9 Å². The number of carbonyl (C=O) groups is 1.